The Morgan fingerprint density at radius 1 is 1.14 bits per heavy atom. The van der Waals surface area contributed by atoms with E-state index in [1.165, 1.54) is 10.4 Å². The first-order valence-corrected chi connectivity index (χ1v) is 10.8. The van der Waals surface area contributed by atoms with E-state index in [0.717, 1.165) is 67.0 Å². The van der Waals surface area contributed by atoms with E-state index in [2.05, 4.69) is 71.1 Å². The van der Waals surface area contributed by atoms with Gasteiger partial charge in [0.25, 0.3) is 0 Å². The number of aryl methyl sites for hydroxylation is 4. The summed E-state index contributed by atoms with van der Waals surface area (Å²) in [7, 11) is 0. The van der Waals surface area contributed by atoms with Crippen LogP contribution < -0.4 is 10.6 Å². The van der Waals surface area contributed by atoms with Gasteiger partial charge in [-0.3, -0.25) is 4.99 Å². The lowest BCUT2D eigenvalue weighted by Crippen LogP contribution is -2.38. The van der Waals surface area contributed by atoms with E-state index in [4.69, 9.17) is 4.99 Å². The van der Waals surface area contributed by atoms with Crippen LogP contribution in [-0.4, -0.2) is 40.1 Å². The van der Waals surface area contributed by atoms with Crippen LogP contribution in [-0.2, 0) is 13.0 Å². The summed E-state index contributed by atoms with van der Waals surface area (Å²) in [5.74, 6) is 1.94. The zero-order valence-corrected chi connectivity index (χ0v) is 20.8. The molecule has 0 aliphatic carbocycles. The molecule has 0 atom stereocenters. The topological polar surface area (TPSA) is 67.1 Å². The minimum Gasteiger partial charge on any atom is -0.357 e. The molecule has 29 heavy (non-hydrogen) atoms. The quantitative estimate of drug-likeness (QED) is 0.200. The summed E-state index contributed by atoms with van der Waals surface area (Å²) in [4.78, 5) is 15.2. The smallest absolute Gasteiger partial charge is 0.191 e. The number of thiazole rings is 1. The van der Waals surface area contributed by atoms with Gasteiger partial charge in [0.2, 0.25) is 0 Å². The molecule has 0 spiro atoms. The zero-order valence-electron chi connectivity index (χ0n) is 17.7. The van der Waals surface area contributed by atoms with Gasteiger partial charge in [-0.25, -0.2) is 9.97 Å². The molecule has 0 aliphatic rings. The molecule has 0 aliphatic heterocycles. The van der Waals surface area contributed by atoms with Crippen molar-refractivity contribution in [2.75, 3.05) is 19.6 Å². The largest absolute Gasteiger partial charge is 0.357 e. The van der Waals surface area contributed by atoms with Crippen LogP contribution in [0.5, 0.6) is 0 Å². The third-order valence-electron chi connectivity index (χ3n) is 4.64. The average Bonchev–Trinajstić information content (AvgIpc) is 3.16. The van der Waals surface area contributed by atoms with Crippen molar-refractivity contribution in [3.63, 3.8) is 0 Å². The fourth-order valence-electron chi connectivity index (χ4n) is 3.34. The van der Waals surface area contributed by atoms with Gasteiger partial charge in [0.15, 0.2) is 5.96 Å². The molecule has 2 N–H and O–H groups in total. The first-order valence-electron chi connectivity index (χ1n) is 9.95. The number of fused-ring (bicyclic) bond motifs is 1. The highest BCUT2D eigenvalue weighted by Crippen LogP contribution is 2.17. The number of hydrogen-bond acceptors (Lipinski definition) is 4. The predicted octanol–water partition coefficient (Wildman–Crippen LogP) is 4.22. The maximum Gasteiger partial charge on any atom is 0.191 e. The number of rotatable bonds is 8. The van der Waals surface area contributed by atoms with Gasteiger partial charge in [-0.05, 0) is 46.2 Å². The van der Waals surface area contributed by atoms with Crippen molar-refractivity contribution in [1.82, 2.24) is 25.2 Å². The molecule has 0 radical (unpaired) electrons. The minimum absolute atomic E-state index is 0. The highest BCUT2D eigenvalue weighted by molar-refractivity contribution is 14.0. The standard InChI is InChI=1S/C21H30N6S.HI/c1-5-22-21(24-13-11-20-15(2)25-17(4)28-20)23-12-8-14-27-16(3)26-18-9-6-7-10-19(18)27;/h6-7,9-10H,5,8,11-14H2,1-4H3,(H2,22,23,24);1H. The molecule has 158 valence electrons. The Labute approximate surface area is 194 Å². The molecule has 0 saturated heterocycles. The lowest BCUT2D eigenvalue weighted by molar-refractivity contribution is 0.646. The minimum atomic E-state index is 0. The fourth-order valence-corrected chi connectivity index (χ4v) is 4.28. The molecule has 0 saturated carbocycles. The summed E-state index contributed by atoms with van der Waals surface area (Å²) in [6, 6.07) is 8.30. The molecule has 2 heterocycles. The highest BCUT2D eigenvalue weighted by Gasteiger charge is 2.07. The Hall–Kier alpha value is -1.68. The second-order valence-corrected chi connectivity index (χ2v) is 8.12. The molecule has 0 amide bonds. The lowest BCUT2D eigenvalue weighted by atomic mass is 10.3. The molecular weight excluding hydrogens is 495 g/mol. The van der Waals surface area contributed by atoms with Crippen molar-refractivity contribution in [2.45, 2.75) is 47.1 Å². The van der Waals surface area contributed by atoms with Crippen LogP contribution in [0.3, 0.4) is 0 Å². The number of guanidine groups is 1. The molecule has 8 heteroatoms. The number of nitrogens with zero attached hydrogens (tertiary/aromatic N) is 4. The van der Waals surface area contributed by atoms with Gasteiger partial charge >= 0.3 is 0 Å². The Morgan fingerprint density at radius 3 is 2.66 bits per heavy atom. The van der Waals surface area contributed by atoms with Crippen LogP contribution in [0.25, 0.3) is 11.0 Å². The van der Waals surface area contributed by atoms with Crippen LogP contribution in [0.4, 0.5) is 0 Å². The zero-order chi connectivity index (χ0) is 19.9. The number of halogens is 1. The monoisotopic (exact) mass is 526 g/mol. The maximum absolute atomic E-state index is 4.73. The molecule has 2 aromatic heterocycles. The molecular formula is C21H31IN6S. The Bertz CT molecular complexity index is 946. The summed E-state index contributed by atoms with van der Waals surface area (Å²) in [5, 5.41) is 7.90. The van der Waals surface area contributed by atoms with Gasteiger partial charge < -0.3 is 15.2 Å². The lowest BCUT2D eigenvalue weighted by Gasteiger charge is -2.11. The van der Waals surface area contributed by atoms with Crippen molar-refractivity contribution < 1.29 is 0 Å². The first-order chi connectivity index (χ1) is 13.6. The Balaban J connectivity index is 0.00000300. The van der Waals surface area contributed by atoms with E-state index in [-0.39, 0.29) is 24.0 Å². The van der Waals surface area contributed by atoms with Gasteiger partial charge in [-0.2, -0.15) is 0 Å². The number of hydrogen-bond donors (Lipinski definition) is 2. The molecule has 6 nitrogen and oxygen atoms in total. The molecule has 0 bridgehead atoms. The third kappa shape index (κ3) is 6.40. The second kappa shape index (κ2) is 11.5. The van der Waals surface area contributed by atoms with Crippen molar-refractivity contribution in [1.29, 1.82) is 0 Å². The second-order valence-electron chi connectivity index (χ2n) is 6.83. The van der Waals surface area contributed by atoms with Gasteiger partial charge in [-0.15, -0.1) is 35.3 Å². The van der Waals surface area contributed by atoms with Crippen LogP contribution in [0, 0.1) is 20.8 Å². The van der Waals surface area contributed by atoms with E-state index in [1.807, 2.05) is 6.07 Å². The summed E-state index contributed by atoms with van der Waals surface area (Å²) in [5.41, 5.74) is 3.41. The predicted molar refractivity (Wildman–Crippen MR) is 134 cm³/mol. The molecule has 0 unspecified atom stereocenters. The number of benzene rings is 1. The van der Waals surface area contributed by atoms with E-state index in [1.54, 1.807) is 11.3 Å². The average molecular weight is 526 g/mol. The number of imidazole rings is 1. The number of aliphatic imine (C=N–C) groups is 1. The van der Waals surface area contributed by atoms with Crippen molar-refractivity contribution in [3.05, 3.63) is 45.7 Å². The first kappa shape index (κ1) is 23.6. The number of nitrogens with one attached hydrogen (secondary N) is 2. The Morgan fingerprint density at radius 2 is 1.93 bits per heavy atom. The van der Waals surface area contributed by atoms with E-state index in [9.17, 15) is 0 Å². The van der Waals surface area contributed by atoms with Gasteiger partial charge in [-0.1, -0.05) is 12.1 Å². The van der Waals surface area contributed by atoms with E-state index in [0.29, 0.717) is 0 Å². The van der Waals surface area contributed by atoms with Gasteiger partial charge in [0.05, 0.1) is 21.7 Å². The van der Waals surface area contributed by atoms with Crippen LogP contribution in [0.1, 0.15) is 34.7 Å². The van der Waals surface area contributed by atoms with Crippen LogP contribution in [0.2, 0.25) is 0 Å². The van der Waals surface area contributed by atoms with Crippen molar-refractivity contribution in [2.24, 2.45) is 4.99 Å². The van der Waals surface area contributed by atoms with Crippen LogP contribution >= 0.6 is 35.3 Å². The third-order valence-corrected chi connectivity index (χ3v) is 5.78. The van der Waals surface area contributed by atoms with Gasteiger partial charge in [0.1, 0.15) is 5.82 Å². The summed E-state index contributed by atoms with van der Waals surface area (Å²) < 4.78 is 2.28. The summed E-state index contributed by atoms with van der Waals surface area (Å²) in [6.45, 7) is 11.7. The van der Waals surface area contributed by atoms with Crippen molar-refractivity contribution >= 4 is 52.3 Å². The highest BCUT2D eigenvalue weighted by atomic mass is 127. The number of para-hydroxylation sites is 2. The van der Waals surface area contributed by atoms with E-state index < -0.39 is 0 Å². The van der Waals surface area contributed by atoms with Crippen LogP contribution in [0.15, 0.2) is 29.3 Å². The molecule has 3 rings (SSSR count). The molecule has 3 aromatic rings. The SMILES string of the molecule is CCNC(=NCCCn1c(C)nc2ccccc21)NCCc1sc(C)nc1C.I. The summed E-state index contributed by atoms with van der Waals surface area (Å²) >= 11 is 1.78. The normalized spacial score (nSPS) is 11.5. The van der Waals surface area contributed by atoms with Crippen molar-refractivity contribution in [3.8, 4) is 0 Å². The molecule has 1 aromatic carbocycles. The van der Waals surface area contributed by atoms with E-state index >= 15 is 0 Å². The van der Waals surface area contributed by atoms with Gasteiger partial charge in [0, 0.05) is 37.5 Å². The number of aromatic nitrogens is 3. The maximum atomic E-state index is 4.73. The summed E-state index contributed by atoms with van der Waals surface area (Å²) in [6.07, 6.45) is 1.95. The molecule has 0 fully saturated rings. The fraction of sp³-hybridized carbons (Fsp3) is 0.476. The Kier molecular flexibility index (Phi) is 9.35.